The molecule has 0 aliphatic heterocycles. The van der Waals surface area contributed by atoms with E-state index in [2.05, 4.69) is 21.0 Å². The topological polar surface area (TPSA) is 106 Å². The number of methoxy groups -OCH3 is 2. The Kier molecular flexibility index (Phi) is 4.49. The normalized spacial score (nSPS) is 10.7. The third-order valence-corrected chi connectivity index (χ3v) is 4.61. The van der Waals surface area contributed by atoms with Crippen LogP contribution < -0.4 is 9.47 Å². The van der Waals surface area contributed by atoms with Crippen LogP contribution in [-0.4, -0.2) is 38.8 Å². The second-order valence-electron chi connectivity index (χ2n) is 6.39. The molecular weight excluding hydrogens is 370 g/mol. The van der Waals surface area contributed by atoms with Crippen molar-refractivity contribution in [3.8, 4) is 40.5 Å². The second kappa shape index (κ2) is 7.13. The molecular formula is C21H17N5O3. The molecule has 4 aromatic rings. The molecule has 0 aliphatic rings. The highest BCUT2D eigenvalue weighted by Gasteiger charge is 2.17. The monoisotopic (exact) mass is 387 g/mol. The summed E-state index contributed by atoms with van der Waals surface area (Å²) in [6, 6.07) is 7.38. The highest BCUT2D eigenvalue weighted by molar-refractivity contribution is 5.90. The van der Waals surface area contributed by atoms with Gasteiger partial charge in [-0.25, -0.2) is 9.97 Å². The molecule has 29 heavy (non-hydrogen) atoms. The molecule has 0 atom stereocenters. The van der Waals surface area contributed by atoms with Gasteiger partial charge in [0.05, 0.1) is 48.3 Å². The van der Waals surface area contributed by atoms with Crippen LogP contribution in [0.3, 0.4) is 0 Å². The molecule has 4 heterocycles. The van der Waals surface area contributed by atoms with Crippen LogP contribution in [-0.2, 0) is 0 Å². The Morgan fingerprint density at radius 3 is 2.66 bits per heavy atom. The Morgan fingerprint density at radius 2 is 1.93 bits per heavy atom. The van der Waals surface area contributed by atoms with E-state index in [4.69, 9.17) is 14.7 Å². The molecule has 144 valence electrons. The van der Waals surface area contributed by atoms with Gasteiger partial charge >= 0.3 is 0 Å². The summed E-state index contributed by atoms with van der Waals surface area (Å²) in [6.45, 7) is 1.90. The number of hydrogen-bond acceptors (Lipinski definition) is 7. The van der Waals surface area contributed by atoms with Crippen LogP contribution in [0.1, 0.15) is 11.1 Å². The van der Waals surface area contributed by atoms with Crippen LogP contribution in [0.2, 0.25) is 0 Å². The lowest BCUT2D eigenvalue weighted by atomic mass is 10.1. The summed E-state index contributed by atoms with van der Waals surface area (Å²) in [5, 5.41) is 20.5. The van der Waals surface area contributed by atoms with Crippen LogP contribution in [0.5, 0.6) is 17.5 Å². The number of ether oxygens (including phenoxy) is 2. The number of nitrogens with zero attached hydrogens (tertiary/aromatic N) is 5. The predicted octanol–water partition coefficient (Wildman–Crippen LogP) is 3.39. The highest BCUT2D eigenvalue weighted by Crippen LogP contribution is 2.35. The molecule has 0 radical (unpaired) electrons. The van der Waals surface area contributed by atoms with Gasteiger partial charge in [0, 0.05) is 24.2 Å². The van der Waals surface area contributed by atoms with Crippen LogP contribution in [0.4, 0.5) is 0 Å². The van der Waals surface area contributed by atoms with Crippen LogP contribution >= 0.6 is 0 Å². The number of nitriles is 1. The van der Waals surface area contributed by atoms with Crippen molar-refractivity contribution in [3.05, 3.63) is 54.1 Å². The van der Waals surface area contributed by atoms with Gasteiger partial charge in [0.15, 0.2) is 5.75 Å². The Labute approximate surface area is 166 Å². The molecule has 0 amide bonds. The number of aromatic nitrogens is 4. The zero-order valence-electron chi connectivity index (χ0n) is 16.0. The van der Waals surface area contributed by atoms with Gasteiger partial charge < -0.3 is 14.6 Å². The maximum Gasteiger partial charge on any atom is 0.256 e. The zero-order chi connectivity index (χ0) is 20.5. The summed E-state index contributed by atoms with van der Waals surface area (Å²) in [6.07, 6.45) is 6.42. The predicted molar refractivity (Wildman–Crippen MR) is 106 cm³/mol. The molecule has 0 bridgehead atoms. The van der Waals surface area contributed by atoms with Gasteiger partial charge in [-0.15, -0.1) is 0 Å². The summed E-state index contributed by atoms with van der Waals surface area (Å²) in [4.78, 5) is 13.0. The van der Waals surface area contributed by atoms with Gasteiger partial charge in [0.2, 0.25) is 5.88 Å². The van der Waals surface area contributed by atoms with E-state index in [0.29, 0.717) is 39.5 Å². The molecule has 1 N–H and O–H groups in total. The first-order chi connectivity index (χ1) is 14.0. The van der Waals surface area contributed by atoms with Crippen molar-refractivity contribution in [2.75, 3.05) is 14.2 Å². The van der Waals surface area contributed by atoms with Gasteiger partial charge in [0.1, 0.15) is 6.07 Å². The molecule has 0 spiro atoms. The lowest BCUT2D eigenvalue weighted by Crippen LogP contribution is -1.95. The van der Waals surface area contributed by atoms with Gasteiger partial charge in [-0.1, -0.05) is 0 Å². The maximum atomic E-state index is 10.8. The molecule has 4 rings (SSSR count). The van der Waals surface area contributed by atoms with Crippen molar-refractivity contribution in [1.29, 1.82) is 5.26 Å². The largest absolute Gasteiger partial charge is 0.494 e. The second-order valence-corrected chi connectivity index (χ2v) is 6.39. The third kappa shape index (κ3) is 3.08. The van der Waals surface area contributed by atoms with Crippen molar-refractivity contribution in [3.63, 3.8) is 0 Å². The van der Waals surface area contributed by atoms with Crippen LogP contribution in [0.25, 0.3) is 27.8 Å². The number of fused-ring (bicyclic) bond motifs is 1. The minimum atomic E-state index is 0.0406. The summed E-state index contributed by atoms with van der Waals surface area (Å²) in [7, 11) is 3.08. The smallest absolute Gasteiger partial charge is 0.256 e. The summed E-state index contributed by atoms with van der Waals surface area (Å²) in [5.74, 6) is 0.936. The first-order valence-corrected chi connectivity index (χ1v) is 8.71. The fourth-order valence-corrected chi connectivity index (χ4v) is 3.22. The average Bonchev–Trinajstić information content (AvgIpc) is 3.10. The molecule has 4 aromatic heterocycles. The Morgan fingerprint density at radius 1 is 1.10 bits per heavy atom. The van der Waals surface area contributed by atoms with E-state index in [0.717, 1.165) is 11.1 Å². The third-order valence-electron chi connectivity index (χ3n) is 4.61. The number of aromatic hydroxyl groups is 1. The standard InChI is InChI=1S/C21H17N5O3/c1-12-4-16(14-6-18(28-2)20(29-3)24-9-14)25-17-11-26(21(27)19(12)17)15-5-13(7-22)8-23-10-15/h4-6,8-11,27H,1-3H3. The molecule has 0 fully saturated rings. The molecule has 0 aromatic carbocycles. The zero-order valence-corrected chi connectivity index (χ0v) is 16.0. The minimum absolute atomic E-state index is 0.0406. The summed E-state index contributed by atoms with van der Waals surface area (Å²) >= 11 is 0. The number of pyridine rings is 3. The maximum absolute atomic E-state index is 10.8. The van der Waals surface area contributed by atoms with E-state index in [9.17, 15) is 5.11 Å². The first-order valence-electron chi connectivity index (χ1n) is 8.71. The van der Waals surface area contributed by atoms with Gasteiger partial charge in [0.25, 0.3) is 5.88 Å². The molecule has 0 unspecified atom stereocenters. The lowest BCUT2D eigenvalue weighted by Gasteiger charge is -2.09. The summed E-state index contributed by atoms with van der Waals surface area (Å²) in [5.41, 5.74) is 3.88. The quantitative estimate of drug-likeness (QED) is 0.572. The van der Waals surface area contributed by atoms with Crippen LogP contribution in [0.15, 0.2) is 43.0 Å². The van der Waals surface area contributed by atoms with Gasteiger partial charge in [-0.2, -0.15) is 5.26 Å². The number of aryl methyl sites for hydroxylation is 1. The first kappa shape index (κ1) is 18.3. The van der Waals surface area contributed by atoms with E-state index in [1.807, 2.05) is 13.0 Å². The molecule has 8 heteroatoms. The molecule has 0 aliphatic carbocycles. The molecule has 8 nitrogen and oxygen atoms in total. The van der Waals surface area contributed by atoms with Crippen molar-refractivity contribution < 1.29 is 14.6 Å². The lowest BCUT2D eigenvalue weighted by molar-refractivity contribution is 0.343. The van der Waals surface area contributed by atoms with Crippen molar-refractivity contribution >= 4 is 10.9 Å². The average molecular weight is 387 g/mol. The minimum Gasteiger partial charge on any atom is -0.494 e. The Hall–Kier alpha value is -4.12. The van der Waals surface area contributed by atoms with Gasteiger partial charge in [-0.3, -0.25) is 9.55 Å². The van der Waals surface area contributed by atoms with Crippen LogP contribution in [0, 0.1) is 18.3 Å². The highest BCUT2D eigenvalue weighted by atomic mass is 16.5. The van der Waals surface area contributed by atoms with E-state index < -0.39 is 0 Å². The fourth-order valence-electron chi connectivity index (χ4n) is 3.22. The Balaban J connectivity index is 1.87. The summed E-state index contributed by atoms with van der Waals surface area (Å²) < 4.78 is 12.1. The van der Waals surface area contributed by atoms with E-state index in [1.165, 1.54) is 13.3 Å². The van der Waals surface area contributed by atoms with Crippen molar-refractivity contribution in [2.24, 2.45) is 0 Å². The Bertz CT molecular complexity index is 1270. The van der Waals surface area contributed by atoms with Crippen molar-refractivity contribution in [2.45, 2.75) is 6.92 Å². The van der Waals surface area contributed by atoms with Crippen molar-refractivity contribution in [1.82, 2.24) is 19.5 Å². The molecule has 0 saturated carbocycles. The SMILES string of the molecule is COc1cc(-c2cc(C)c3c(O)n(-c4cncc(C#N)c4)cc3n2)cnc1OC. The molecule has 0 saturated heterocycles. The van der Waals surface area contributed by atoms with E-state index >= 15 is 0 Å². The number of rotatable bonds is 4. The van der Waals surface area contributed by atoms with E-state index in [1.54, 1.807) is 42.4 Å². The van der Waals surface area contributed by atoms with E-state index in [-0.39, 0.29) is 5.88 Å². The van der Waals surface area contributed by atoms with Gasteiger partial charge in [-0.05, 0) is 30.7 Å². The number of hydrogen-bond donors (Lipinski definition) is 1. The fraction of sp³-hybridized carbons (Fsp3) is 0.143.